The van der Waals surface area contributed by atoms with Crippen LogP contribution < -0.4 is 11.5 Å². The van der Waals surface area contributed by atoms with Crippen LogP contribution in [0.1, 0.15) is 40.6 Å². The summed E-state index contributed by atoms with van der Waals surface area (Å²) in [6, 6.07) is 8.14. The summed E-state index contributed by atoms with van der Waals surface area (Å²) in [5, 5.41) is -0.279. The second kappa shape index (κ2) is 6.28. The standard InChI is InChI=1S/C18H16F3N3OS/c1-8(2)9-3-5-10(6-4-9)12-7-11(18(19,20)21)13-14(22)15(16(23)25)26-17(13)24-12/h3-8H,22H2,1-2H3,(H2,23,25). The molecular weight excluding hydrogens is 363 g/mol. The van der Waals surface area contributed by atoms with Crippen LogP contribution in [-0.2, 0) is 6.18 Å². The topological polar surface area (TPSA) is 82.0 Å². The lowest BCUT2D eigenvalue weighted by Gasteiger charge is -2.12. The van der Waals surface area contributed by atoms with Crippen LogP contribution in [0.5, 0.6) is 0 Å². The van der Waals surface area contributed by atoms with Gasteiger partial charge in [0.1, 0.15) is 9.71 Å². The number of fused-ring (bicyclic) bond motifs is 1. The molecule has 3 aromatic rings. The van der Waals surface area contributed by atoms with Gasteiger partial charge in [-0.05, 0) is 17.5 Å². The molecule has 0 saturated carbocycles. The van der Waals surface area contributed by atoms with Gasteiger partial charge in [-0.15, -0.1) is 11.3 Å². The van der Waals surface area contributed by atoms with E-state index in [-0.39, 0.29) is 26.5 Å². The van der Waals surface area contributed by atoms with E-state index in [1.54, 1.807) is 12.1 Å². The van der Waals surface area contributed by atoms with Crippen molar-refractivity contribution in [1.82, 2.24) is 4.98 Å². The van der Waals surface area contributed by atoms with Gasteiger partial charge in [0, 0.05) is 10.9 Å². The van der Waals surface area contributed by atoms with Crippen molar-refractivity contribution >= 4 is 33.1 Å². The zero-order chi connectivity index (χ0) is 19.2. The highest BCUT2D eigenvalue weighted by atomic mass is 32.1. The number of carbonyl (C=O) groups is 1. The highest BCUT2D eigenvalue weighted by Gasteiger charge is 2.36. The fourth-order valence-corrected chi connectivity index (χ4v) is 3.69. The Labute approximate surface area is 151 Å². The van der Waals surface area contributed by atoms with E-state index in [2.05, 4.69) is 4.98 Å². The molecule has 1 aromatic carbocycles. The molecule has 0 unspecified atom stereocenters. The summed E-state index contributed by atoms with van der Waals surface area (Å²) in [6.07, 6.45) is -4.64. The van der Waals surface area contributed by atoms with E-state index in [4.69, 9.17) is 11.5 Å². The van der Waals surface area contributed by atoms with Gasteiger partial charge in [-0.2, -0.15) is 13.2 Å². The van der Waals surface area contributed by atoms with Gasteiger partial charge in [-0.3, -0.25) is 4.79 Å². The molecule has 0 aliphatic carbocycles. The lowest BCUT2D eigenvalue weighted by molar-refractivity contribution is -0.136. The van der Waals surface area contributed by atoms with Gasteiger partial charge in [0.2, 0.25) is 0 Å². The zero-order valence-corrected chi connectivity index (χ0v) is 14.8. The third-order valence-electron chi connectivity index (χ3n) is 4.10. The summed E-state index contributed by atoms with van der Waals surface area (Å²) in [7, 11) is 0. The molecule has 4 nitrogen and oxygen atoms in total. The first-order valence-corrected chi connectivity index (χ1v) is 8.61. The molecule has 1 amide bonds. The third-order valence-corrected chi connectivity index (χ3v) is 5.22. The molecule has 4 N–H and O–H groups in total. The molecule has 0 fully saturated rings. The Bertz CT molecular complexity index is 992. The Morgan fingerprint density at radius 3 is 2.31 bits per heavy atom. The lowest BCUT2D eigenvalue weighted by atomic mass is 9.99. The zero-order valence-electron chi connectivity index (χ0n) is 14.0. The maximum Gasteiger partial charge on any atom is 0.417 e. The van der Waals surface area contributed by atoms with E-state index in [1.165, 1.54) is 0 Å². The number of hydrogen-bond donors (Lipinski definition) is 2. The van der Waals surface area contributed by atoms with Gasteiger partial charge in [0.05, 0.1) is 16.9 Å². The Morgan fingerprint density at radius 2 is 1.81 bits per heavy atom. The second-order valence-electron chi connectivity index (χ2n) is 6.22. The van der Waals surface area contributed by atoms with E-state index in [0.717, 1.165) is 23.0 Å². The fraction of sp³-hybridized carbons (Fsp3) is 0.222. The minimum Gasteiger partial charge on any atom is -0.397 e. The Balaban J connectivity index is 2.26. The number of pyridine rings is 1. The number of hydrogen-bond acceptors (Lipinski definition) is 4. The van der Waals surface area contributed by atoms with Crippen molar-refractivity contribution in [3.8, 4) is 11.3 Å². The Morgan fingerprint density at radius 1 is 1.19 bits per heavy atom. The van der Waals surface area contributed by atoms with Gasteiger partial charge in [-0.25, -0.2) is 4.98 Å². The minimum absolute atomic E-state index is 0.0362. The summed E-state index contributed by atoms with van der Waals surface area (Å²) in [5.41, 5.74) is 11.5. The number of benzene rings is 1. The van der Waals surface area contributed by atoms with Crippen molar-refractivity contribution in [3.63, 3.8) is 0 Å². The van der Waals surface area contributed by atoms with Gasteiger partial charge in [0.25, 0.3) is 5.91 Å². The van der Waals surface area contributed by atoms with Gasteiger partial charge in [0.15, 0.2) is 0 Å². The number of aromatic nitrogens is 1. The first-order chi connectivity index (χ1) is 12.1. The Hall–Kier alpha value is -2.61. The number of nitrogens with zero attached hydrogens (tertiary/aromatic N) is 1. The minimum atomic E-state index is -4.64. The van der Waals surface area contributed by atoms with Crippen LogP contribution >= 0.6 is 11.3 Å². The molecule has 2 aromatic heterocycles. The van der Waals surface area contributed by atoms with Crippen LogP contribution in [0.15, 0.2) is 30.3 Å². The highest BCUT2D eigenvalue weighted by Crippen LogP contribution is 2.43. The van der Waals surface area contributed by atoms with Crippen LogP contribution in [-0.4, -0.2) is 10.9 Å². The molecule has 0 radical (unpaired) electrons. The van der Waals surface area contributed by atoms with Crippen molar-refractivity contribution in [1.29, 1.82) is 0 Å². The largest absolute Gasteiger partial charge is 0.417 e. The number of halogens is 3. The summed E-state index contributed by atoms with van der Waals surface area (Å²) in [6.45, 7) is 4.06. The molecule has 8 heteroatoms. The number of alkyl halides is 3. The monoisotopic (exact) mass is 379 g/mol. The van der Waals surface area contributed by atoms with E-state index in [0.29, 0.717) is 11.5 Å². The predicted octanol–water partition coefficient (Wildman–Crippen LogP) is 4.79. The molecule has 0 atom stereocenters. The number of amides is 1. The predicted molar refractivity (Wildman–Crippen MR) is 97.1 cm³/mol. The van der Waals surface area contributed by atoms with E-state index < -0.39 is 17.6 Å². The molecule has 0 aliphatic rings. The van der Waals surface area contributed by atoms with Crippen LogP contribution in [0.3, 0.4) is 0 Å². The SMILES string of the molecule is CC(C)c1ccc(-c2cc(C(F)(F)F)c3c(N)c(C(N)=O)sc3n2)cc1. The van der Waals surface area contributed by atoms with E-state index in [9.17, 15) is 18.0 Å². The maximum absolute atomic E-state index is 13.6. The van der Waals surface area contributed by atoms with Crippen LogP contribution in [0.4, 0.5) is 18.9 Å². The highest BCUT2D eigenvalue weighted by molar-refractivity contribution is 7.21. The number of thiophene rings is 1. The average molecular weight is 379 g/mol. The summed E-state index contributed by atoms with van der Waals surface area (Å²) in [4.78, 5) is 15.7. The quantitative estimate of drug-likeness (QED) is 0.687. The molecule has 0 bridgehead atoms. The van der Waals surface area contributed by atoms with Crippen LogP contribution in [0, 0.1) is 0 Å². The second-order valence-corrected chi connectivity index (χ2v) is 7.22. The van der Waals surface area contributed by atoms with E-state index in [1.807, 2.05) is 26.0 Å². The van der Waals surface area contributed by atoms with Gasteiger partial charge < -0.3 is 11.5 Å². The molecule has 0 saturated heterocycles. The van der Waals surface area contributed by atoms with Crippen molar-refractivity contribution in [2.24, 2.45) is 5.73 Å². The van der Waals surface area contributed by atoms with Gasteiger partial charge in [-0.1, -0.05) is 38.1 Å². The number of rotatable bonds is 3. The molecular formula is C18H16F3N3OS. The summed E-state index contributed by atoms with van der Waals surface area (Å²) >= 11 is 0.769. The molecule has 0 aliphatic heterocycles. The van der Waals surface area contributed by atoms with Crippen molar-refractivity contribution in [2.75, 3.05) is 5.73 Å². The third kappa shape index (κ3) is 3.12. The smallest absolute Gasteiger partial charge is 0.397 e. The van der Waals surface area contributed by atoms with Gasteiger partial charge >= 0.3 is 6.18 Å². The molecule has 0 spiro atoms. The normalized spacial score (nSPS) is 12.1. The average Bonchev–Trinajstić information content (AvgIpc) is 2.90. The summed E-state index contributed by atoms with van der Waals surface area (Å²) in [5.74, 6) is -0.568. The van der Waals surface area contributed by atoms with Crippen molar-refractivity contribution in [2.45, 2.75) is 25.9 Å². The number of carbonyl (C=O) groups excluding carboxylic acids is 1. The first kappa shape index (κ1) is 18.2. The lowest BCUT2D eigenvalue weighted by Crippen LogP contribution is -2.11. The molecule has 26 heavy (non-hydrogen) atoms. The van der Waals surface area contributed by atoms with E-state index >= 15 is 0 Å². The number of anilines is 1. The number of nitrogen functional groups attached to an aromatic ring is 1. The van der Waals surface area contributed by atoms with Crippen LogP contribution in [0.2, 0.25) is 0 Å². The maximum atomic E-state index is 13.6. The number of nitrogens with two attached hydrogens (primary N) is 2. The van der Waals surface area contributed by atoms with Crippen LogP contribution in [0.25, 0.3) is 21.5 Å². The van der Waals surface area contributed by atoms with Crippen molar-refractivity contribution < 1.29 is 18.0 Å². The molecule has 3 rings (SSSR count). The Kier molecular flexibility index (Phi) is 4.39. The van der Waals surface area contributed by atoms with Crippen molar-refractivity contribution in [3.05, 3.63) is 46.3 Å². The molecule has 2 heterocycles. The summed E-state index contributed by atoms with van der Waals surface area (Å²) < 4.78 is 40.7. The molecule has 136 valence electrons. The fourth-order valence-electron chi connectivity index (χ4n) is 2.71. The number of primary amides is 1. The first-order valence-electron chi connectivity index (χ1n) is 7.80.